The molecule has 0 radical (unpaired) electrons. The van der Waals surface area contributed by atoms with Gasteiger partial charge in [0.25, 0.3) is 0 Å². The smallest absolute Gasteiger partial charge is 0.166 e. The minimum absolute atomic E-state index is 0.157. The maximum absolute atomic E-state index is 13.6. The highest BCUT2D eigenvalue weighted by atomic mass is 127. The van der Waals surface area contributed by atoms with E-state index >= 15 is 0 Å². The molecule has 0 aromatic heterocycles. The van der Waals surface area contributed by atoms with Crippen LogP contribution in [0.3, 0.4) is 0 Å². The maximum atomic E-state index is 13.6. The van der Waals surface area contributed by atoms with Gasteiger partial charge in [-0.15, -0.1) is 0 Å². The van der Waals surface area contributed by atoms with Crippen LogP contribution in [0.25, 0.3) is 0 Å². The van der Waals surface area contributed by atoms with Gasteiger partial charge < -0.3 is 9.84 Å². The predicted molar refractivity (Wildman–Crippen MR) is 71.6 cm³/mol. The van der Waals surface area contributed by atoms with Crippen LogP contribution in [0.15, 0.2) is 42.5 Å². The van der Waals surface area contributed by atoms with Gasteiger partial charge in [0.2, 0.25) is 0 Å². The molecule has 0 saturated heterocycles. The first-order valence-corrected chi connectivity index (χ1v) is 6.09. The highest BCUT2D eigenvalue weighted by Gasteiger charge is 2.05. The topological polar surface area (TPSA) is 29.5 Å². The van der Waals surface area contributed by atoms with Crippen molar-refractivity contribution < 1.29 is 14.2 Å². The van der Waals surface area contributed by atoms with E-state index in [-0.39, 0.29) is 12.4 Å². The first kappa shape index (κ1) is 12.3. The van der Waals surface area contributed by atoms with Gasteiger partial charge in [0, 0.05) is 3.57 Å². The van der Waals surface area contributed by atoms with E-state index in [4.69, 9.17) is 9.84 Å². The maximum Gasteiger partial charge on any atom is 0.166 e. The highest BCUT2D eigenvalue weighted by Crippen LogP contribution is 2.26. The minimum Gasteiger partial charge on any atom is -0.454 e. The summed E-state index contributed by atoms with van der Waals surface area (Å²) in [6.45, 7) is -0.180. The lowest BCUT2D eigenvalue weighted by atomic mass is 10.2. The molecule has 0 bridgehead atoms. The summed E-state index contributed by atoms with van der Waals surface area (Å²) in [5.74, 6) is 0.271. The molecule has 0 atom stereocenters. The normalized spacial score (nSPS) is 10.3. The Morgan fingerprint density at radius 1 is 1.18 bits per heavy atom. The third kappa shape index (κ3) is 3.17. The van der Waals surface area contributed by atoms with Crippen molar-refractivity contribution in [2.24, 2.45) is 0 Å². The Bertz CT molecular complexity index is 529. The summed E-state index contributed by atoms with van der Waals surface area (Å²) in [5, 5.41) is 8.87. The Labute approximate surface area is 112 Å². The monoisotopic (exact) mass is 344 g/mol. The van der Waals surface area contributed by atoms with E-state index in [1.807, 2.05) is 18.2 Å². The van der Waals surface area contributed by atoms with Gasteiger partial charge in [0.1, 0.15) is 5.75 Å². The van der Waals surface area contributed by atoms with Crippen LogP contribution >= 0.6 is 22.6 Å². The van der Waals surface area contributed by atoms with Crippen molar-refractivity contribution in [1.82, 2.24) is 0 Å². The molecule has 2 nitrogen and oxygen atoms in total. The summed E-state index contributed by atoms with van der Waals surface area (Å²) in [6, 6.07) is 11.8. The molecular weight excluding hydrogens is 334 g/mol. The number of ether oxygens (including phenoxy) is 1. The Balaban J connectivity index is 2.24. The zero-order valence-corrected chi connectivity index (χ0v) is 11.0. The van der Waals surface area contributed by atoms with Gasteiger partial charge in [-0.05, 0) is 58.5 Å². The van der Waals surface area contributed by atoms with E-state index in [1.165, 1.54) is 12.1 Å². The second-order valence-corrected chi connectivity index (χ2v) is 4.73. The summed E-state index contributed by atoms with van der Waals surface area (Å²) in [5.41, 5.74) is 0.525. The van der Waals surface area contributed by atoms with E-state index < -0.39 is 5.82 Å². The molecule has 0 aliphatic rings. The second kappa shape index (κ2) is 5.46. The van der Waals surface area contributed by atoms with Crippen LogP contribution in [0.4, 0.5) is 4.39 Å². The number of rotatable bonds is 3. The zero-order chi connectivity index (χ0) is 12.3. The molecule has 0 aliphatic carbocycles. The molecular formula is C13H10FIO2. The molecule has 0 spiro atoms. The zero-order valence-electron chi connectivity index (χ0n) is 8.86. The summed E-state index contributed by atoms with van der Waals surface area (Å²) in [4.78, 5) is 0. The van der Waals surface area contributed by atoms with Crippen LogP contribution in [0.2, 0.25) is 0 Å². The third-order valence-electron chi connectivity index (χ3n) is 2.20. The number of hydrogen-bond acceptors (Lipinski definition) is 2. The van der Waals surface area contributed by atoms with Crippen LogP contribution in [-0.2, 0) is 6.61 Å². The van der Waals surface area contributed by atoms with Crippen molar-refractivity contribution in [3.8, 4) is 11.5 Å². The lowest BCUT2D eigenvalue weighted by Crippen LogP contribution is -1.91. The number of aliphatic hydroxyl groups is 1. The average molecular weight is 344 g/mol. The van der Waals surface area contributed by atoms with E-state index in [0.717, 1.165) is 3.57 Å². The first-order chi connectivity index (χ1) is 8.19. The Kier molecular flexibility index (Phi) is 3.96. The molecule has 0 heterocycles. The summed E-state index contributed by atoms with van der Waals surface area (Å²) in [7, 11) is 0. The molecule has 0 unspecified atom stereocenters. The molecule has 2 aromatic carbocycles. The van der Waals surface area contributed by atoms with Crippen LogP contribution < -0.4 is 4.74 Å². The van der Waals surface area contributed by atoms with Gasteiger partial charge in [-0.25, -0.2) is 4.39 Å². The van der Waals surface area contributed by atoms with Crippen LogP contribution in [0.1, 0.15) is 5.56 Å². The fourth-order valence-corrected chi connectivity index (χ4v) is 1.90. The Morgan fingerprint density at radius 2 is 2.00 bits per heavy atom. The Morgan fingerprint density at radius 3 is 2.65 bits per heavy atom. The lowest BCUT2D eigenvalue weighted by molar-refractivity contribution is 0.281. The molecule has 0 amide bonds. The first-order valence-electron chi connectivity index (χ1n) is 5.02. The van der Waals surface area contributed by atoms with Crippen molar-refractivity contribution in [3.05, 3.63) is 57.4 Å². The van der Waals surface area contributed by atoms with E-state index in [1.54, 1.807) is 12.1 Å². The van der Waals surface area contributed by atoms with E-state index in [2.05, 4.69) is 22.6 Å². The molecule has 17 heavy (non-hydrogen) atoms. The number of hydrogen-bond donors (Lipinski definition) is 1. The van der Waals surface area contributed by atoms with Gasteiger partial charge in [0.15, 0.2) is 11.6 Å². The largest absolute Gasteiger partial charge is 0.454 e. The van der Waals surface area contributed by atoms with E-state index in [9.17, 15) is 4.39 Å². The molecule has 4 heteroatoms. The quantitative estimate of drug-likeness (QED) is 0.861. The number of aliphatic hydroxyl groups excluding tert-OH is 1. The van der Waals surface area contributed by atoms with Crippen LogP contribution in [0.5, 0.6) is 11.5 Å². The van der Waals surface area contributed by atoms with Crippen molar-refractivity contribution in [1.29, 1.82) is 0 Å². The summed E-state index contributed by atoms with van der Waals surface area (Å²) >= 11 is 2.16. The van der Waals surface area contributed by atoms with Crippen LogP contribution in [-0.4, -0.2) is 5.11 Å². The molecule has 2 aromatic rings. The highest BCUT2D eigenvalue weighted by molar-refractivity contribution is 14.1. The predicted octanol–water partition coefficient (Wildman–Crippen LogP) is 3.71. The van der Waals surface area contributed by atoms with Gasteiger partial charge in [-0.3, -0.25) is 0 Å². The van der Waals surface area contributed by atoms with Crippen molar-refractivity contribution in [3.63, 3.8) is 0 Å². The fourth-order valence-electron chi connectivity index (χ4n) is 1.38. The number of halogens is 2. The van der Waals surface area contributed by atoms with Crippen LogP contribution in [0, 0.1) is 9.39 Å². The van der Waals surface area contributed by atoms with E-state index in [0.29, 0.717) is 11.3 Å². The van der Waals surface area contributed by atoms with Crippen molar-refractivity contribution in [2.75, 3.05) is 0 Å². The van der Waals surface area contributed by atoms with Gasteiger partial charge >= 0.3 is 0 Å². The summed E-state index contributed by atoms with van der Waals surface area (Å²) in [6.07, 6.45) is 0. The molecule has 0 aliphatic heterocycles. The molecule has 1 N–H and O–H groups in total. The SMILES string of the molecule is OCc1ccc(Oc2cccc(I)c2)c(F)c1. The van der Waals surface area contributed by atoms with Gasteiger partial charge in [0.05, 0.1) is 6.61 Å². The average Bonchev–Trinajstić information content (AvgIpc) is 2.32. The van der Waals surface area contributed by atoms with Gasteiger partial charge in [-0.1, -0.05) is 12.1 Å². The standard InChI is InChI=1S/C13H10FIO2/c14-12-6-9(8-16)4-5-13(12)17-11-3-1-2-10(15)7-11/h1-7,16H,8H2. The molecule has 0 fully saturated rings. The second-order valence-electron chi connectivity index (χ2n) is 3.48. The third-order valence-corrected chi connectivity index (χ3v) is 2.87. The van der Waals surface area contributed by atoms with Crippen molar-refractivity contribution >= 4 is 22.6 Å². The fraction of sp³-hybridized carbons (Fsp3) is 0.0769. The molecule has 0 saturated carbocycles. The lowest BCUT2D eigenvalue weighted by Gasteiger charge is -2.07. The molecule has 88 valence electrons. The number of benzene rings is 2. The molecule has 2 rings (SSSR count). The summed E-state index contributed by atoms with van der Waals surface area (Å²) < 4.78 is 20.0. The minimum atomic E-state index is -0.476. The Hall–Kier alpha value is -1.14. The van der Waals surface area contributed by atoms with Crippen molar-refractivity contribution in [2.45, 2.75) is 6.61 Å². The van der Waals surface area contributed by atoms with Gasteiger partial charge in [-0.2, -0.15) is 0 Å².